The lowest BCUT2D eigenvalue weighted by Crippen LogP contribution is -2.34. The van der Waals surface area contributed by atoms with Crippen molar-refractivity contribution in [3.8, 4) is 5.75 Å². The average Bonchev–Trinajstić information content (AvgIpc) is 2.67. The maximum atomic E-state index is 12.2. The molecular weight excluding hydrogens is 262 g/mol. The van der Waals surface area contributed by atoms with E-state index in [-0.39, 0.29) is 5.91 Å². The van der Waals surface area contributed by atoms with Gasteiger partial charge in [-0.2, -0.15) is 0 Å². The van der Waals surface area contributed by atoms with E-state index in [1.165, 1.54) is 25.7 Å². The smallest absolute Gasteiger partial charge is 0.251 e. The van der Waals surface area contributed by atoms with Gasteiger partial charge in [0.25, 0.3) is 5.91 Å². The standard InChI is InChI=1S/C15H20ClNO2/c1-19-14-9-8-11(10-13(14)16)15(18)17-12-6-4-2-3-5-7-12/h8-10,12H,2-7H2,1H3,(H,17,18). The Hall–Kier alpha value is -1.22. The van der Waals surface area contributed by atoms with Gasteiger partial charge in [-0.05, 0) is 31.0 Å². The van der Waals surface area contributed by atoms with E-state index >= 15 is 0 Å². The third-order valence-corrected chi connectivity index (χ3v) is 3.90. The molecule has 0 heterocycles. The predicted octanol–water partition coefficient (Wildman–Crippen LogP) is 3.80. The Balaban J connectivity index is 2.00. The number of nitrogens with one attached hydrogen (secondary N) is 1. The Morgan fingerprint density at radius 3 is 2.53 bits per heavy atom. The van der Waals surface area contributed by atoms with Crippen molar-refractivity contribution >= 4 is 17.5 Å². The van der Waals surface area contributed by atoms with Crippen molar-refractivity contribution < 1.29 is 9.53 Å². The molecule has 1 aromatic carbocycles. The van der Waals surface area contributed by atoms with Crippen LogP contribution in [0.25, 0.3) is 0 Å². The first-order valence-electron chi connectivity index (χ1n) is 6.85. The summed E-state index contributed by atoms with van der Waals surface area (Å²) in [5.74, 6) is 0.545. The fourth-order valence-corrected chi connectivity index (χ4v) is 2.76. The molecule has 2 rings (SSSR count). The summed E-state index contributed by atoms with van der Waals surface area (Å²) in [5, 5.41) is 3.57. The summed E-state index contributed by atoms with van der Waals surface area (Å²) in [4.78, 5) is 12.2. The second-order valence-electron chi connectivity index (χ2n) is 5.01. The van der Waals surface area contributed by atoms with Gasteiger partial charge in [0, 0.05) is 11.6 Å². The normalized spacial score (nSPS) is 16.7. The minimum Gasteiger partial charge on any atom is -0.495 e. The maximum Gasteiger partial charge on any atom is 0.251 e. The molecule has 1 N–H and O–H groups in total. The molecule has 4 heteroatoms. The average molecular weight is 282 g/mol. The SMILES string of the molecule is COc1ccc(C(=O)NC2CCCCCC2)cc1Cl. The van der Waals surface area contributed by atoms with Crippen molar-refractivity contribution in [2.24, 2.45) is 0 Å². The first kappa shape index (κ1) is 14.2. The number of amides is 1. The van der Waals surface area contributed by atoms with E-state index < -0.39 is 0 Å². The lowest BCUT2D eigenvalue weighted by Gasteiger charge is -2.16. The van der Waals surface area contributed by atoms with Gasteiger partial charge in [-0.3, -0.25) is 4.79 Å². The van der Waals surface area contributed by atoms with E-state index in [9.17, 15) is 4.79 Å². The van der Waals surface area contributed by atoms with Crippen LogP contribution in [0.2, 0.25) is 5.02 Å². The summed E-state index contributed by atoms with van der Waals surface area (Å²) in [7, 11) is 1.56. The zero-order valence-electron chi connectivity index (χ0n) is 11.2. The molecule has 0 bridgehead atoms. The first-order valence-corrected chi connectivity index (χ1v) is 7.23. The molecule has 1 aromatic rings. The van der Waals surface area contributed by atoms with Gasteiger partial charge < -0.3 is 10.1 Å². The van der Waals surface area contributed by atoms with Gasteiger partial charge >= 0.3 is 0 Å². The highest BCUT2D eigenvalue weighted by molar-refractivity contribution is 6.32. The van der Waals surface area contributed by atoms with E-state index in [4.69, 9.17) is 16.3 Å². The van der Waals surface area contributed by atoms with Gasteiger partial charge in [-0.15, -0.1) is 0 Å². The van der Waals surface area contributed by atoms with E-state index in [1.54, 1.807) is 25.3 Å². The van der Waals surface area contributed by atoms with Crippen molar-refractivity contribution in [1.82, 2.24) is 5.32 Å². The molecule has 0 unspecified atom stereocenters. The van der Waals surface area contributed by atoms with Crippen LogP contribution < -0.4 is 10.1 Å². The molecule has 1 aliphatic carbocycles. The van der Waals surface area contributed by atoms with Crippen LogP contribution in [0.4, 0.5) is 0 Å². The van der Waals surface area contributed by atoms with Crippen molar-refractivity contribution in [2.75, 3.05) is 7.11 Å². The lowest BCUT2D eigenvalue weighted by atomic mass is 10.1. The second kappa shape index (κ2) is 6.80. The zero-order valence-corrected chi connectivity index (χ0v) is 12.0. The van der Waals surface area contributed by atoms with Crippen LogP contribution in [0.1, 0.15) is 48.9 Å². The number of benzene rings is 1. The molecule has 0 saturated heterocycles. The minimum absolute atomic E-state index is 0.0450. The minimum atomic E-state index is -0.0450. The van der Waals surface area contributed by atoms with Crippen LogP contribution in [0.5, 0.6) is 5.75 Å². The van der Waals surface area contributed by atoms with Crippen LogP contribution >= 0.6 is 11.6 Å². The molecule has 104 valence electrons. The maximum absolute atomic E-state index is 12.2. The van der Waals surface area contributed by atoms with Crippen LogP contribution in [0.15, 0.2) is 18.2 Å². The van der Waals surface area contributed by atoms with Gasteiger partial charge in [0.2, 0.25) is 0 Å². The Kier molecular flexibility index (Phi) is 5.08. The van der Waals surface area contributed by atoms with Gasteiger partial charge in [0.1, 0.15) is 5.75 Å². The molecule has 0 aromatic heterocycles. The highest BCUT2D eigenvalue weighted by Crippen LogP contribution is 2.25. The number of carbonyl (C=O) groups excluding carboxylic acids is 1. The molecule has 1 amide bonds. The summed E-state index contributed by atoms with van der Waals surface area (Å²) in [6, 6.07) is 5.43. The lowest BCUT2D eigenvalue weighted by molar-refractivity contribution is 0.0933. The summed E-state index contributed by atoms with van der Waals surface area (Å²) in [6.45, 7) is 0. The molecule has 3 nitrogen and oxygen atoms in total. The molecule has 0 radical (unpaired) electrons. The summed E-state index contributed by atoms with van der Waals surface area (Å²) < 4.78 is 5.08. The Morgan fingerprint density at radius 2 is 1.95 bits per heavy atom. The van der Waals surface area contributed by atoms with Crippen LogP contribution in [-0.2, 0) is 0 Å². The zero-order chi connectivity index (χ0) is 13.7. The molecule has 1 fully saturated rings. The molecule has 0 spiro atoms. The van der Waals surface area contributed by atoms with Crippen LogP contribution in [0.3, 0.4) is 0 Å². The van der Waals surface area contributed by atoms with Gasteiger partial charge in [0.05, 0.1) is 12.1 Å². The van der Waals surface area contributed by atoms with Crippen LogP contribution in [0, 0.1) is 0 Å². The second-order valence-corrected chi connectivity index (χ2v) is 5.42. The van der Waals surface area contributed by atoms with E-state index in [2.05, 4.69) is 5.32 Å². The fraction of sp³-hybridized carbons (Fsp3) is 0.533. The monoisotopic (exact) mass is 281 g/mol. The number of ether oxygens (including phenoxy) is 1. The third-order valence-electron chi connectivity index (χ3n) is 3.60. The number of rotatable bonds is 3. The highest BCUT2D eigenvalue weighted by atomic mass is 35.5. The quantitative estimate of drug-likeness (QED) is 0.856. The number of carbonyl (C=O) groups is 1. The van der Waals surface area contributed by atoms with Crippen LogP contribution in [-0.4, -0.2) is 19.1 Å². The molecule has 0 aliphatic heterocycles. The van der Waals surface area contributed by atoms with Crippen molar-refractivity contribution in [1.29, 1.82) is 0 Å². The fourth-order valence-electron chi connectivity index (χ4n) is 2.50. The number of methoxy groups -OCH3 is 1. The van der Waals surface area contributed by atoms with E-state index in [0.29, 0.717) is 22.4 Å². The number of hydrogen-bond donors (Lipinski definition) is 1. The third kappa shape index (κ3) is 3.87. The molecule has 0 atom stereocenters. The molecule has 1 aliphatic rings. The van der Waals surface area contributed by atoms with Gasteiger partial charge in [-0.1, -0.05) is 37.3 Å². The Morgan fingerprint density at radius 1 is 1.26 bits per heavy atom. The molecule has 1 saturated carbocycles. The summed E-state index contributed by atoms with van der Waals surface area (Å²) in [5.41, 5.74) is 0.593. The van der Waals surface area contributed by atoms with Crippen molar-refractivity contribution in [3.63, 3.8) is 0 Å². The summed E-state index contributed by atoms with van der Waals surface area (Å²) >= 11 is 6.04. The number of halogens is 1. The van der Waals surface area contributed by atoms with Crippen molar-refractivity contribution in [3.05, 3.63) is 28.8 Å². The molecule has 19 heavy (non-hydrogen) atoms. The molecular formula is C15H20ClNO2. The Bertz CT molecular complexity index is 440. The van der Waals surface area contributed by atoms with Gasteiger partial charge in [0.15, 0.2) is 0 Å². The van der Waals surface area contributed by atoms with E-state index in [1.807, 2.05) is 0 Å². The summed E-state index contributed by atoms with van der Waals surface area (Å²) in [6.07, 6.45) is 7.12. The van der Waals surface area contributed by atoms with Gasteiger partial charge in [-0.25, -0.2) is 0 Å². The van der Waals surface area contributed by atoms with E-state index in [0.717, 1.165) is 12.8 Å². The van der Waals surface area contributed by atoms with Crippen molar-refractivity contribution in [2.45, 2.75) is 44.6 Å². The number of hydrogen-bond acceptors (Lipinski definition) is 2. The Labute approximate surface area is 119 Å². The topological polar surface area (TPSA) is 38.3 Å². The predicted molar refractivity (Wildman–Crippen MR) is 77.0 cm³/mol. The first-order chi connectivity index (χ1) is 9.20. The highest BCUT2D eigenvalue weighted by Gasteiger charge is 2.16. The largest absolute Gasteiger partial charge is 0.495 e.